The van der Waals surface area contributed by atoms with Gasteiger partial charge in [-0.25, -0.2) is 24.3 Å². The predicted molar refractivity (Wildman–Crippen MR) is 148 cm³/mol. The highest BCUT2D eigenvalue weighted by atomic mass is 35.5. The molecule has 40 heavy (non-hydrogen) atoms. The fourth-order valence-corrected chi connectivity index (χ4v) is 4.61. The molecule has 2 unspecified atom stereocenters. The summed E-state index contributed by atoms with van der Waals surface area (Å²) in [7, 11) is 0. The Hall–Kier alpha value is -4.70. The van der Waals surface area contributed by atoms with Gasteiger partial charge in [-0.2, -0.15) is 0 Å². The molecule has 0 aliphatic rings. The number of pyridine rings is 1. The fraction of sp³-hybridized carbons (Fsp3) is 0.0741. The van der Waals surface area contributed by atoms with E-state index < -0.39 is 28.5 Å². The van der Waals surface area contributed by atoms with E-state index in [1.807, 2.05) is 0 Å². The van der Waals surface area contributed by atoms with Gasteiger partial charge in [0.05, 0.1) is 33.9 Å². The number of nitrogens with two attached hydrogens (primary N) is 1. The quantitative estimate of drug-likeness (QED) is 0.236. The number of nitrogen functional groups attached to an aromatic ring is 1. The van der Waals surface area contributed by atoms with Gasteiger partial charge >= 0.3 is 0 Å². The minimum atomic E-state index is -2.52. The molecule has 3 aromatic heterocycles. The molecule has 10 nitrogen and oxygen atoms in total. The number of halogens is 2. The molecule has 0 saturated heterocycles. The van der Waals surface area contributed by atoms with Gasteiger partial charge in [-0.3, -0.25) is 13.6 Å². The van der Waals surface area contributed by atoms with E-state index in [4.69, 9.17) is 22.3 Å². The average Bonchev–Trinajstić information content (AvgIpc) is 2.93. The van der Waals surface area contributed by atoms with Crippen LogP contribution in [-0.4, -0.2) is 33.3 Å². The van der Waals surface area contributed by atoms with Crippen LogP contribution in [0.15, 0.2) is 76.8 Å². The zero-order chi connectivity index (χ0) is 28.4. The van der Waals surface area contributed by atoms with E-state index in [9.17, 15) is 17.9 Å². The molecule has 0 spiro atoms. The van der Waals surface area contributed by atoms with Crippen molar-refractivity contribution in [2.75, 3.05) is 11.1 Å². The van der Waals surface area contributed by atoms with Gasteiger partial charge in [0.1, 0.15) is 40.9 Å². The van der Waals surface area contributed by atoms with Crippen LogP contribution in [0, 0.1) is 17.7 Å². The van der Waals surface area contributed by atoms with Crippen molar-refractivity contribution in [3.8, 4) is 17.5 Å². The van der Waals surface area contributed by atoms with Crippen LogP contribution in [0.1, 0.15) is 30.0 Å². The lowest BCUT2D eigenvalue weighted by atomic mass is 10.2. The Balaban J connectivity index is 1.64. The number of hydrogen-bond donors (Lipinski definition) is 2. The van der Waals surface area contributed by atoms with Crippen molar-refractivity contribution in [3.63, 3.8) is 0 Å². The maximum atomic E-state index is 13.8. The first kappa shape index (κ1) is 26.9. The number of anilines is 2. The van der Waals surface area contributed by atoms with Crippen molar-refractivity contribution >= 4 is 45.2 Å². The molecular formula is C27H18ClFN7O3S-. The lowest BCUT2D eigenvalue weighted by molar-refractivity contribution is 0.537. The molecule has 0 aliphatic carbocycles. The van der Waals surface area contributed by atoms with Gasteiger partial charge < -0.3 is 15.6 Å². The van der Waals surface area contributed by atoms with E-state index in [1.165, 1.54) is 41.2 Å². The molecule has 13 heteroatoms. The fourth-order valence-electron chi connectivity index (χ4n) is 3.95. The second-order valence-corrected chi connectivity index (χ2v) is 9.78. The van der Waals surface area contributed by atoms with Gasteiger partial charge in [0, 0.05) is 4.90 Å². The minimum Gasteiger partial charge on any atom is -0.768 e. The van der Waals surface area contributed by atoms with E-state index in [0.717, 1.165) is 6.20 Å². The second kappa shape index (κ2) is 11.2. The van der Waals surface area contributed by atoms with Crippen molar-refractivity contribution in [1.82, 2.24) is 24.5 Å². The summed E-state index contributed by atoms with van der Waals surface area (Å²) in [6.45, 7) is 1.74. The van der Waals surface area contributed by atoms with Gasteiger partial charge in [-0.15, -0.1) is 0 Å². The molecule has 200 valence electrons. The molecule has 0 fully saturated rings. The van der Waals surface area contributed by atoms with Crippen LogP contribution in [0.2, 0.25) is 5.02 Å². The first-order chi connectivity index (χ1) is 19.2. The van der Waals surface area contributed by atoms with Crippen LogP contribution < -0.4 is 16.6 Å². The summed E-state index contributed by atoms with van der Waals surface area (Å²) >= 11 is 3.83. The summed E-state index contributed by atoms with van der Waals surface area (Å²) in [5, 5.41) is 3.56. The van der Waals surface area contributed by atoms with Crippen molar-refractivity contribution in [3.05, 3.63) is 105 Å². The molecule has 3 N–H and O–H groups in total. The minimum absolute atomic E-state index is 0.00856. The van der Waals surface area contributed by atoms with Gasteiger partial charge in [0.25, 0.3) is 5.56 Å². The lowest BCUT2D eigenvalue weighted by Gasteiger charge is -2.21. The molecule has 5 aromatic rings. The van der Waals surface area contributed by atoms with Crippen molar-refractivity contribution < 1.29 is 13.2 Å². The molecular weight excluding hydrogens is 557 g/mol. The Kier molecular flexibility index (Phi) is 7.52. The molecule has 3 heterocycles. The van der Waals surface area contributed by atoms with E-state index in [1.54, 1.807) is 31.2 Å². The number of aromatic nitrogens is 5. The van der Waals surface area contributed by atoms with Crippen LogP contribution in [0.3, 0.4) is 0 Å². The normalized spacial score (nSPS) is 12.4. The van der Waals surface area contributed by atoms with Gasteiger partial charge in [0.2, 0.25) is 0 Å². The summed E-state index contributed by atoms with van der Waals surface area (Å²) in [6, 6.07) is 12.8. The smallest absolute Gasteiger partial charge is 0.267 e. The summed E-state index contributed by atoms with van der Waals surface area (Å²) in [6.07, 6.45) is 2.30. The van der Waals surface area contributed by atoms with Crippen LogP contribution in [-0.2, 0) is 11.1 Å². The van der Waals surface area contributed by atoms with Gasteiger partial charge in [-0.05, 0) is 66.4 Å². The number of nitrogens with one attached hydrogen (secondary N) is 1. The third kappa shape index (κ3) is 5.39. The Morgan fingerprint density at radius 2 is 1.93 bits per heavy atom. The average molecular weight is 575 g/mol. The highest BCUT2D eigenvalue weighted by molar-refractivity contribution is 7.79. The van der Waals surface area contributed by atoms with Crippen molar-refractivity contribution in [1.29, 1.82) is 0 Å². The molecule has 2 aromatic carbocycles. The molecule has 5 rings (SSSR count). The Morgan fingerprint density at radius 1 is 1.12 bits per heavy atom. The topological polar surface area (TPSA) is 152 Å². The standard InChI is InChI=1S/C27H19ClFN7O3S/c1-15(34-25-20(24(30)32-14-33-25)11-10-17-9-8-16(29)13-31-17)26-35-22-7-3-6-21(28)23(22)27(37)36(26)18-4-2-5-19(12-18)40(38)39/h2-9,12-15H,1H3,(H,38,39)(H3,30,32,33,34)/p-1. The number of fused-ring (bicyclic) bond motifs is 1. The van der Waals surface area contributed by atoms with E-state index in [2.05, 4.69) is 32.1 Å². The van der Waals surface area contributed by atoms with Gasteiger partial charge in [-0.1, -0.05) is 29.7 Å². The number of nitrogens with zero attached hydrogens (tertiary/aromatic N) is 5. The predicted octanol–water partition coefficient (Wildman–Crippen LogP) is 3.76. The summed E-state index contributed by atoms with van der Waals surface area (Å²) in [5.41, 5.74) is 6.78. The monoisotopic (exact) mass is 574 g/mol. The third-order valence-corrected chi connectivity index (χ3v) is 6.75. The number of hydrogen-bond acceptors (Lipinski definition) is 9. The molecule has 0 saturated carbocycles. The van der Waals surface area contributed by atoms with E-state index >= 15 is 0 Å². The highest BCUT2D eigenvalue weighted by Gasteiger charge is 2.21. The summed E-state index contributed by atoms with van der Waals surface area (Å²) in [4.78, 5) is 30.7. The Morgan fingerprint density at radius 3 is 2.67 bits per heavy atom. The second-order valence-electron chi connectivity index (χ2n) is 8.44. The van der Waals surface area contributed by atoms with E-state index in [0.29, 0.717) is 11.2 Å². The maximum absolute atomic E-state index is 13.8. The Bertz CT molecular complexity index is 1910. The zero-order valence-corrected chi connectivity index (χ0v) is 22.2. The molecule has 0 bridgehead atoms. The SMILES string of the molecule is CC(Nc1ncnc(N)c1C#Cc1ccc(F)cn1)c1nc2cccc(Cl)c2c(=O)n1-c1cccc(S(=O)[O-])c1. The maximum Gasteiger partial charge on any atom is 0.267 e. The molecule has 2 atom stereocenters. The van der Waals surface area contributed by atoms with Gasteiger partial charge in [0.15, 0.2) is 0 Å². The van der Waals surface area contributed by atoms with Crippen LogP contribution in [0.25, 0.3) is 16.6 Å². The van der Waals surface area contributed by atoms with Crippen molar-refractivity contribution in [2.45, 2.75) is 17.9 Å². The summed E-state index contributed by atoms with van der Waals surface area (Å²) in [5.74, 6) is 5.75. The third-order valence-electron chi connectivity index (χ3n) is 5.80. The van der Waals surface area contributed by atoms with Crippen LogP contribution >= 0.6 is 11.6 Å². The number of benzene rings is 2. The highest BCUT2D eigenvalue weighted by Crippen LogP contribution is 2.26. The summed E-state index contributed by atoms with van der Waals surface area (Å²) < 4.78 is 37.8. The zero-order valence-electron chi connectivity index (χ0n) is 20.6. The van der Waals surface area contributed by atoms with Crippen LogP contribution in [0.5, 0.6) is 0 Å². The molecule has 0 radical (unpaired) electrons. The molecule has 0 amide bonds. The van der Waals surface area contributed by atoms with E-state index in [-0.39, 0.29) is 44.0 Å². The lowest BCUT2D eigenvalue weighted by Crippen LogP contribution is -2.28. The first-order valence-electron chi connectivity index (χ1n) is 11.6. The largest absolute Gasteiger partial charge is 0.768 e. The molecule has 0 aliphatic heterocycles. The first-order valence-corrected chi connectivity index (χ1v) is 13.1. The van der Waals surface area contributed by atoms with Crippen molar-refractivity contribution in [2.24, 2.45) is 0 Å². The number of rotatable bonds is 5. The Labute approximate surface area is 234 Å². The van der Waals surface area contributed by atoms with Crippen LogP contribution in [0.4, 0.5) is 16.0 Å².